The van der Waals surface area contributed by atoms with Gasteiger partial charge >= 0.3 is 0 Å². The third-order valence-electron chi connectivity index (χ3n) is 3.30. The van der Waals surface area contributed by atoms with Crippen molar-refractivity contribution in [1.82, 2.24) is 0 Å². The van der Waals surface area contributed by atoms with E-state index in [0.29, 0.717) is 17.9 Å². The van der Waals surface area contributed by atoms with Crippen LogP contribution < -0.4 is 10.5 Å². The molecule has 0 heterocycles. The molecule has 2 rings (SSSR count). The first-order chi connectivity index (χ1) is 7.27. The molecule has 1 aromatic carbocycles. The third-order valence-corrected chi connectivity index (χ3v) is 3.30. The van der Waals surface area contributed by atoms with Crippen molar-refractivity contribution in [2.75, 3.05) is 13.7 Å². The fourth-order valence-electron chi connectivity index (χ4n) is 2.13. The lowest BCUT2D eigenvalue weighted by atomic mass is 9.91. The van der Waals surface area contributed by atoms with Gasteiger partial charge in [-0.15, -0.1) is 0 Å². The lowest BCUT2D eigenvalue weighted by Crippen LogP contribution is -2.21. The van der Waals surface area contributed by atoms with Crippen molar-refractivity contribution in [3.8, 4) is 5.75 Å². The number of benzene rings is 1. The van der Waals surface area contributed by atoms with Crippen LogP contribution in [0.25, 0.3) is 0 Å². The van der Waals surface area contributed by atoms with Gasteiger partial charge in [0.15, 0.2) is 0 Å². The Morgan fingerprint density at radius 1 is 1.47 bits per heavy atom. The van der Waals surface area contributed by atoms with Crippen LogP contribution in [-0.4, -0.2) is 13.7 Å². The molecule has 2 nitrogen and oxygen atoms in total. The maximum absolute atomic E-state index is 13.0. The number of halogens is 1. The van der Waals surface area contributed by atoms with Crippen molar-refractivity contribution in [2.45, 2.75) is 24.9 Å². The molecule has 0 atom stereocenters. The molecule has 15 heavy (non-hydrogen) atoms. The van der Waals surface area contributed by atoms with Crippen molar-refractivity contribution < 1.29 is 9.13 Å². The van der Waals surface area contributed by atoms with Crippen molar-refractivity contribution in [3.63, 3.8) is 0 Å². The van der Waals surface area contributed by atoms with Crippen molar-refractivity contribution in [2.24, 2.45) is 5.73 Å². The van der Waals surface area contributed by atoms with Crippen molar-refractivity contribution in [1.29, 1.82) is 0 Å². The van der Waals surface area contributed by atoms with Crippen LogP contribution in [0.15, 0.2) is 18.2 Å². The number of hydrogen-bond acceptors (Lipinski definition) is 2. The Morgan fingerprint density at radius 3 is 2.67 bits per heavy atom. The molecule has 0 bridgehead atoms. The van der Waals surface area contributed by atoms with E-state index in [1.165, 1.54) is 0 Å². The van der Waals surface area contributed by atoms with E-state index in [2.05, 4.69) is 0 Å². The average Bonchev–Trinajstić information content (AvgIpc) is 3.08. The smallest absolute Gasteiger partial charge is 0.124 e. The molecule has 0 unspecified atom stereocenters. The van der Waals surface area contributed by atoms with Gasteiger partial charge < -0.3 is 10.5 Å². The highest BCUT2D eigenvalue weighted by molar-refractivity contribution is 5.46. The molecule has 0 radical (unpaired) electrons. The summed E-state index contributed by atoms with van der Waals surface area (Å²) >= 11 is 0. The van der Waals surface area contributed by atoms with Gasteiger partial charge in [-0.05, 0) is 24.5 Å². The molecule has 0 aliphatic heterocycles. The van der Waals surface area contributed by atoms with Crippen molar-refractivity contribution >= 4 is 0 Å². The highest BCUT2D eigenvalue weighted by Gasteiger charge is 2.44. The van der Waals surface area contributed by atoms with Crippen LogP contribution in [0.2, 0.25) is 0 Å². The zero-order chi connectivity index (χ0) is 10.9. The van der Waals surface area contributed by atoms with Gasteiger partial charge in [0.05, 0.1) is 7.11 Å². The van der Waals surface area contributed by atoms with Gasteiger partial charge in [-0.1, -0.05) is 12.1 Å². The summed E-state index contributed by atoms with van der Waals surface area (Å²) in [4.78, 5) is 0. The lowest BCUT2D eigenvalue weighted by molar-refractivity contribution is 0.391. The summed E-state index contributed by atoms with van der Waals surface area (Å²) in [5.41, 5.74) is 7.48. The van der Waals surface area contributed by atoms with E-state index in [9.17, 15) is 4.39 Å². The molecule has 1 aliphatic rings. The van der Waals surface area contributed by atoms with Crippen molar-refractivity contribution in [3.05, 3.63) is 29.3 Å². The highest BCUT2D eigenvalue weighted by atomic mass is 19.1. The molecule has 0 spiro atoms. The Morgan fingerprint density at radius 2 is 2.20 bits per heavy atom. The van der Waals surface area contributed by atoms with Gasteiger partial charge in [0.2, 0.25) is 0 Å². The molecule has 3 heteroatoms. The summed E-state index contributed by atoms with van der Waals surface area (Å²) in [5.74, 6) is 0.634. The second kappa shape index (κ2) is 3.81. The second-order valence-electron chi connectivity index (χ2n) is 4.10. The van der Waals surface area contributed by atoms with Gasteiger partial charge in [0.1, 0.15) is 12.4 Å². The molecule has 1 aromatic rings. The summed E-state index contributed by atoms with van der Waals surface area (Å²) in [6.07, 6.45) is 2.12. The zero-order valence-electron chi connectivity index (χ0n) is 8.92. The summed E-state index contributed by atoms with van der Waals surface area (Å²) in [7, 11) is 1.57. The molecular weight excluding hydrogens is 193 g/mol. The van der Waals surface area contributed by atoms with Crippen LogP contribution in [0.4, 0.5) is 4.39 Å². The molecule has 1 fully saturated rings. The largest absolute Gasteiger partial charge is 0.496 e. The van der Waals surface area contributed by atoms with E-state index < -0.39 is 6.67 Å². The van der Waals surface area contributed by atoms with E-state index in [4.69, 9.17) is 10.5 Å². The summed E-state index contributed by atoms with van der Waals surface area (Å²) in [5, 5.41) is 0. The van der Waals surface area contributed by atoms with E-state index in [0.717, 1.165) is 18.4 Å². The van der Waals surface area contributed by atoms with E-state index in [1.807, 2.05) is 12.1 Å². The fraction of sp³-hybridized carbons (Fsp3) is 0.500. The van der Waals surface area contributed by atoms with E-state index in [-0.39, 0.29) is 5.41 Å². The normalized spacial score (nSPS) is 17.5. The molecule has 82 valence electrons. The quantitative estimate of drug-likeness (QED) is 0.824. The van der Waals surface area contributed by atoms with E-state index in [1.54, 1.807) is 13.2 Å². The lowest BCUT2D eigenvalue weighted by Gasteiger charge is -2.18. The Labute approximate surface area is 89.2 Å². The van der Waals surface area contributed by atoms with Crippen LogP contribution in [0.3, 0.4) is 0 Å². The zero-order valence-corrected chi connectivity index (χ0v) is 8.92. The number of ether oxygens (including phenoxy) is 1. The molecule has 2 N–H and O–H groups in total. The molecule has 0 amide bonds. The topological polar surface area (TPSA) is 35.2 Å². The fourth-order valence-corrected chi connectivity index (χ4v) is 2.13. The Hall–Kier alpha value is -1.09. The SMILES string of the molecule is COc1cccc(C2(CN)CC2)c1CF. The predicted molar refractivity (Wildman–Crippen MR) is 57.8 cm³/mol. The predicted octanol–water partition coefficient (Wildman–Crippen LogP) is 2.16. The number of methoxy groups -OCH3 is 1. The first-order valence-corrected chi connectivity index (χ1v) is 5.20. The van der Waals surface area contributed by atoms with E-state index >= 15 is 0 Å². The minimum atomic E-state index is -0.485. The molecule has 1 saturated carbocycles. The number of alkyl halides is 1. The van der Waals surface area contributed by atoms with Gasteiger partial charge in [-0.2, -0.15) is 0 Å². The van der Waals surface area contributed by atoms with Gasteiger partial charge in [0.25, 0.3) is 0 Å². The second-order valence-corrected chi connectivity index (χ2v) is 4.10. The number of nitrogens with two attached hydrogens (primary N) is 1. The summed E-state index contributed by atoms with van der Waals surface area (Å²) in [6.45, 7) is 0.105. The first kappa shape index (κ1) is 10.4. The molecule has 0 saturated heterocycles. The van der Waals surface area contributed by atoms with Gasteiger partial charge in [-0.3, -0.25) is 0 Å². The molecule has 1 aliphatic carbocycles. The summed E-state index contributed by atoms with van der Waals surface area (Å²) in [6, 6.07) is 5.67. The van der Waals surface area contributed by atoms with Gasteiger partial charge in [0, 0.05) is 17.5 Å². The molecule has 0 aromatic heterocycles. The highest BCUT2D eigenvalue weighted by Crippen LogP contribution is 2.49. The minimum Gasteiger partial charge on any atom is -0.496 e. The Bertz CT molecular complexity index is 361. The number of hydrogen-bond donors (Lipinski definition) is 1. The molecular formula is C12H16FNO. The minimum absolute atomic E-state index is 0.0238. The Balaban J connectivity index is 2.47. The average molecular weight is 209 g/mol. The van der Waals surface area contributed by atoms with Crippen LogP contribution >= 0.6 is 0 Å². The van der Waals surface area contributed by atoms with Crippen LogP contribution in [0, 0.1) is 0 Å². The van der Waals surface area contributed by atoms with Crippen LogP contribution in [0.5, 0.6) is 5.75 Å². The number of rotatable bonds is 4. The van der Waals surface area contributed by atoms with Crippen LogP contribution in [0.1, 0.15) is 24.0 Å². The van der Waals surface area contributed by atoms with Crippen LogP contribution in [-0.2, 0) is 12.1 Å². The van der Waals surface area contributed by atoms with Gasteiger partial charge in [-0.25, -0.2) is 4.39 Å². The maximum atomic E-state index is 13.0. The maximum Gasteiger partial charge on any atom is 0.124 e. The monoisotopic (exact) mass is 209 g/mol. The third kappa shape index (κ3) is 1.61. The summed E-state index contributed by atoms with van der Waals surface area (Å²) < 4.78 is 18.2. The first-order valence-electron chi connectivity index (χ1n) is 5.20. The standard InChI is InChI=1S/C12H16FNO/c1-15-11-4-2-3-10(9(11)7-13)12(8-14)5-6-12/h2-4H,5-8,14H2,1H3. The Kier molecular flexibility index (Phi) is 2.65.